The van der Waals surface area contributed by atoms with Gasteiger partial charge in [-0.1, -0.05) is 55.0 Å². The number of hydrogen-bond donors (Lipinski definition) is 1. The Balaban J connectivity index is 1.52. The highest BCUT2D eigenvalue weighted by molar-refractivity contribution is 7.22. The largest absolute Gasteiger partial charge is 0.378 e. The van der Waals surface area contributed by atoms with Crippen LogP contribution in [0.15, 0.2) is 48.5 Å². The number of carbonyl (C=O) groups is 1. The molecule has 1 atom stereocenters. The zero-order valence-corrected chi connectivity index (χ0v) is 16.9. The molecule has 1 saturated heterocycles. The van der Waals surface area contributed by atoms with Gasteiger partial charge in [0.1, 0.15) is 0 Å². The van der Waals surface area contributed by atoms with E-state index in [0.717, 1.165) is 65.7 Å². The summed E-state index contributed by atoms with van der Waals surface area (Å²) in [5.41, 5.74) is 2.86. The van der Waals surface area contributed by atoms with Gasteiger partial charge in [-0.3, -0.25) is 4.79 Å². The first-order chi connectivity index (χ1) is 13.7. The fraction of sp³-hybridized carbons (Fsp3) is 0.364. The fourth-order valence-corrected chi connectivity index (χ4v) is 4.59. The Hall–Kier alpha value is -2.44. The molecule has 0 bridgehead atoms. The molecular weight excluding hydrogens is 370 g/mol. The summed E-state index contributed by atoms with van der Waals surface area (Å²) in [6.45, 7) is 5.35. The molecule has 5 nitrogen and oxygen atoms in total. The molecule has 0 saturated carbocycles. The van der Waals surface area contributed by atoms with Crippen LogP contribution >= 0.6 is 11.3 Å². The molecule has 1 unspecified atom stereocenters. The van der Waals surface area contributed by atoms with Crippen LogP contribution in [0.2, 0.25) is 0 Å². The smallest absolute Gasteiger partial charge is 0.231 e. The second-order valence-corrected chi connectivity index (χ2v) is 8.03. The highest BCUT2D eigenvalue weighted by Crippen LogP contribution is 2.32. The molecule has 1 N–H and O–H groups in total. The molecule has 0 spiro atoms. The Morgan fingerprint density at radius 1 is 1.21 bits per heavy atom. The molecule has 1 aromatic heterocycles. The number of amides is 1. The summed E-state index contributed by atoms with van der Waals surface area (Å²) in [6, 6.07) is 16.0. The van der Waals surface area contributed by atoms with E-state index in [1.54, 1.807) is 11.3 Å². The van der Waals surface area contributed by atoms with Gasteiger partial charge in [0.2, 0.25) is 5.91 Å². The summed E-state index contributed by atoms with van der Waals surface area (Å²) in [6.07, 6.45) is 1.80. The predicted octanol–water partition coefficient (Wildman–Crippen LogP) is 4.66. The van der Waals surface area contributed by atoms with E-state index in [1.165, 1.54) is 0 Å². The number of morpholine rings is 1. The van der Waals surface area contributed by atoms with E-state index in [1.807, 2.05) is 48.5 Å². The van der Waals surface area contributed by atoms with Crippen LogP contribution in [0.1, 0.15) is 31.2 Å². The lowest BCUT2D eigenvalue weighted by atomic mass is 9.93. The topological polar surface area (TPSA) is 54.5 Å². The molecule has 0 aliphatic carbocycles. The van der Waals surface area contributed by atoms with E-state index >= 15 is 0 Å². The average molecular weight is 396 g/mol. The van der Waals surface area contributed by atoms with Crippen LogP contribution < -0.4 is 10.2 Å². The van der Waals surface area contributed by atoms with Crippen molar-refractivity contribution in [2.45, 2.75) is 25.7 Å². The molecule has 146 valence electrons. The number of anilines is 2. The Morgan fingerprint density at radius 2 is 2.00 bits per heavy atom. The molecule has 4 rings (SSSR count). The summed E-state index contributed by atoms with van der Waals surface area (Å²) in [7, 11) is 0. The molecule has 6 heteroatoms. The van der Waals surface area contributed by atoms with Crippen LogP contribution in [-0.4, -0.2) is 37.2 Å². The van der Waals surface area contributed by atoms with Crippen molar-refractivity contribution in [3.05, 3.63) is 54.1 Å². The van der Waals surface area contributed by atoms with Crippen LogP contribution in [0.3, 0.4) is 0 Å². The summed E-state index contributed by atoms with van der Waals surface area (Å²) < 4.78 is 6.51. The SMILES string of the molecule is CCCC(C(=O)Nc1ccc2nc(N3CCOCC3)sc2c1)c1ccccc1. The van der Waals surface area contributed by atoms with Gasteiger partial charge >= 0.3 is 0 Å². The van der Waals surface area contributed by atoms with Crippen molar-refractivity contribution in [1.29, 1.82) is 0 Å². The minimum absolute atomic E-state index is 0.0466. The van der Waals surface area contributed by atoms with Gasteiger partial charge in [-0.15, -0.1) is 0 Å². The van der Waals surface area contributed by atoms with Gasteiger partial charge in [0, 0.05) is 18.8 Å². The Labute approximate surface area is 169 Å². The number of thiazole rings is 1. The van der Waals surface area contributed by atoms with Crippen LogP contribution in [0.5, 0.6) is 0 Å². The van der Waals surface area contributed by atoms with Crippen molar-refractivity contribution < 1.29 is 9.53 Å². The number of carbonyl (C=O) groups excluding carboxylic acids is 1. The van der Waals surface area contributed by atoms with Gasteiger partial charge in [-0.25, -0.2) is 4.98 Å². The fourth-order valence-electron chi connectivity index (χ4n) is 3.53. The van der Waals surface area contributed by atoms with E-state index in [9.17, 15) is 4.79 Å². The zero-order chi connectivity index (χ0) is 19.3. The Kier molecular flexibility index (Phi) is 5.88. The van der Waals surface area contributed by atoms with Gasteiger partial charge in [-0.2, -0.15) is 0 Å². The average Bonchev–Trinajstić information content (AvgIpc) is 3.16. The molecular formula is C22H25N3O2S. The molecule has 3 aromatic rings. The first kappa shape index (κ1) is 18.9. The van der Waals surface area contributed by atoms with E-state index in [4.69, 9.17) is 9.72 Å². The van der Waals surface area contributed by atoms with Gasteiger partial charge in [0.25, 0.3) is 0 Å². The lowest BCUT2D eigenvalue weighted by Gasteiger charge is -2.25. The molecule has 2 heterocycles. The van der Waals surface area contributed by atoms with E-state index in [-0.39, 0.29) is 11.8 Å². The maximum absolute atomic E-state index is 12.9. The third kappa shape index (κ3) is 4.18. The maximum Gasteiger partial charge on any atom is 0.231 e. The van der Waals surface area contributed by atoms with Crippen molar-refractivity contribution in [2.24, 2.45) is 0 Å². The molecule has 1 fully saturated rings. The number of nitrogens with zero attached hydrogens (tertiary/aromatic N) is 2. The summed E-state index contributed by atoms with van der Waals surface area (Å²) in [5, 5.41) is 4.14. The third-order valence-corrected chi connectivity index (χ3v) is 6.10. The quantitative estimate of drug-likeness (QED) is 0.660. The predicted molar refractivity (Wildman–Crippen MR) is 115 cm³/mol. The number of aromatic nitrogens is 1. The van der Waals surface area contributed by atoms with Crippen molar-refractivity contribution in [3.63, 3.8) is 0 Å². The first-order valence-electron chi connectivity index (χ1n) is 9.83. The monoisotopic (exact) mass is 395 g/mol. The molecule has 1 aliphatic heterocycles. The van der Waals surface area contributed by atoms with Crippen molar-refractivity contribution in [3.8, 4) is 0 Å². The van der Waals surface area contributed by atoms with Crippen LogP contribution in [0, 0.1) is 0 Å². The number of ether oxygens (including phenoxy) is 1. The number of nitrogens with one attached hydrogen (secondary N) is 1. The Morgan fingerprint density at radius 3 is 2.75 bits per heavy atom. The second kappa shape index (κ2) is 8.71. The van der Waals surface area contributed by atoms with Gasteiger partial charge in [0.05, 0.1) is 29.3 Å². The molecule has 2 aromatic carbocycles. The van der Waals surface area contributed by atoms with Crippen LogP contribution in [0.4, 0.5) is 10.8 Å². The summed E-state index contributed by atoms with van der Waals surface area (Å²) in [4.78, 5) is 20.0. The van der Waals surface area contributed by atoms with Crippen molar-refractivity contribution in [2.75, 3.05) is 36.5 Å². The van der Waals surface area contributed by atoms with Gasteiger partial charge < -0.3 is 15.0 Å². The second-order valence-electron chi connectivity index (χ2n) is 7.02. The minimum atomic E-state index is -0.132. The molecule has 1 aliphatic rings. The number of rotatable bonds is 6. The lowest BCUT2D eigenvalue weighted by molar-refractivity contribution is -0.117. The van der Waals surface area contributed by atoms with Crippen LogP contribution in [-0.2, 0) is 9.53 Å². The highest BCUT2D eigenvalue weighted by atomic mass is 32.1. The van der Waals surface area contributed by atoms with E-state index in [2.05, 4.69) is 17.1 Å². The molecule has 0 radical (unpaired) electrons. The first-order valence-corrected chi connectivity index (χ1v) is 10.7. The van der Waals surface area contributed by atoms with Crippen molar-refractivity contribution >= 4 is 38.3 Å². The maximum atomic E-state index is 12.9. The normalized spacial score (nSPS) is 15.5. The third-order valence-electron chi connectivity index (χ3n) is 5.02. The minimum Gasteiger partial charge on any atom is -0.378 e. The summed E-state index contributed by atoms with van der Waals surface area (Å²) in [5.74, 6) is -0.0856. The van der Waals surface area contributed by atoms with Crippen molar-refractivity contribution in [1.82, 2.24) is 4.98 Å². The molecule has 1 amide bonds. The molecule has 28 heavy (non-hydrogen) atoms. The zero-order valence-electron chi connectivity index (χ0n) is 16.1. The lowest BCUT2D eigenvalue weighted by Crippen LogP contribution is -2.36. The van der Waals surface area contributed by atoms with E-state index in [0.29, 0.717) is 0 Å². The Bertz CT molecular complexity index is 935. The number of hydrogen-bond acceptors (Lipinski definition) is 5. The summed E-state index contributed by atoms with van der Waals surface area (Å²) >= 11 is 1.67. The highest BCUT2D eigenvalue weighted by Gasteiger charge is 2.20. The van der Waals surface area contributed by atoms with Crippen LogP contribution in [0.25, 0.3) is 10.2 Å². The number of benzene rings is 2. The van der Waals surface area contributed by atoms with Gasteiger partial charge in [-0.05, 0) is 30.2 Å². The number of fused-ring (bicyclic) bond motifs is 1. The van der Waals surface area contributed by atoms with Gasteiger partial charge in [0.15, 0.2) is 5.13 Å². The standard InChI is InChI=1S/C22H25N3O2S/c1-2-6-18(16-7-4-3-5-8-16)21(26)23-17-9-10-19-20(15-17)28-22(24-19)25-11-13-27-14-12-25/h3-5,7-10,15,18H,2,6,11-14H2,1H3,(H,23,26). The van der Waals surface area contributed by atoms with E-state index < -0.39 is 0 Å².